The van der Waals surface area contributed by atoms with Gasteiger partial charge in [0.25, 0.3) is 0 Å². The quantitative estimate of drug-likeness (QED) is 0.865. The van der Waals surface area contributed by atoms with Gasteiger partial charge in [-0.1, -0.05) is 12.1 Å². The molecule has 124 valence electrons. The van der Waals surface area contributed by atoms with Gasteiger partial charge >= 0.3 is 0 Å². The molecule has 6 heteroatoms. The van der Waals surface area contributed by atoms with E-state index in [2.05, 4.69) is 17.9 Å². The molecule has 0 unspecified atom stereocenters. The lowest BCUT2D eigenvalue weighted by molar-refractivity contribution is -0.130. The van der Waals surface area contributed by atoms with E-state index >= 15 is 0 Å². The Morgan fingerprint density at radius 1 is 1.33 bits per heavy atom. The van der Waals surface area contributed by atoms with Crippen molar-refractivity contribution in [2.75, 3.05) is 38.2 Å². The van der Waals surface area contributed by atoms with Crippen LogP contribution in [0.3, 0.4) is 0 Å². The summed E-state index contributed by atoms with van der Waals surface area (Å²) in [7, 11) is 1.65. The summed E-state index contributed by atoms with van der Waals surface area (Å²) >= 11 is 0. The van der Waals surface area contributed by atoms with Gasteiger partial charge in [0.15, 0.2) is 0 Å². The zero-order chi connectivity index (χ0) is 17.1. The van der Waals surface area contributed by atoms with Gasteiger partial charge in [-0.2, -0.15) is 5.26 Å². The van der Waals surface area contributed by atoms with Crippen molar-refractivity contribution in [3.8, 4) is 11.8 Å². The third-order valence-electron chi connectivity index (χ3n) is 4.40. The van der Waals surface area contributed by atoms with Gasteiger partial charge in [-0.05, 0) is 24.6 Å². The number of para-hydroxylation sites is 1. The molecule has 2 heterocycles. The Labute approximate surface area is 141 Å². The maximum Gasteiger partial charge on any atom is 0.236 e. The summed E-state index contributed by atoms with van der Waals surface area (Å²) in [5.41, 5.74) is 2.01. The molecular formula is C18H20N4O2. The molecular weight excluding hydrogens is 304 g/mol. The molecule has 0 spiro atoms. The summed E-state index contributed by atoms with van der Waals surface area (Å²) in [4.78, 5) is 20.5. The average Bonchev–Trinajstić information content (AvgIpc) is 2.61. The maximum absolute atomic E-state index is 11.8. The van der Waals surface area contributed by atoms with Crippen LogP contribution in [-0.2, 0) is 4.79 Å². The molecule has 1 aromatic carbocycles. The van der Waals surface area contributed by atoms with E-state index in [1.165, 1.54) is 0 Å². The molecule has 2 aromatic rings. The van der Waals surface area contributed by atoms with Crippen LogP contribution in [0.1, 0.15) is 12.0 Å². The normalized spacial score (nSPS) is 14.5. The van der Waals surface area contributed by atoms with Crippen LogP contribution >= 0.6 is 0 Å². The number of ether oxygens (including phenoxy) is 1. The highest BCUT2D eigenvalue weighted by Crippen LogP contribution is 2.29. The van der Waals surface area contributed by atoms with Crippen LogP contribution in [-0.4, -0.2) is 49.1 Å². The van der Waals surface area contributed by atoms with Gasteiger partial charge in [-0.3, -0.25) is 4.79 Å². The Hall–Kier alpha value is -2.81. The number of aryl methyl sites for hydroxylation is 1. The van der Waals surface area contributed by atoms with Crippen LogP contribution < -0.4 is 9.64 Å². The summed E-state index contributed by atoms with van der Waals surface area (Å²) in [6.45, 7) is 4.73. The largest absolute Gasteiger partial charge is 0.494 e. The van der Waals surface area contributed by atoms with Crippen molar-refractivity contribution in [3.05, 3.63) is 29.8 Å². The van der Waals surface area contributed by atoms with Crippen LogP contribution in [0, 0.1) is 18.3 Å². The number of hydrogen-bond acceptors (Lipinski definition) is 5. The van der Waals surface area contributed by atoms with Gasteiger partial charge in [0.2, 0.25) is 5.91 Å². The van der Waals surface area contributed by atoms with Gasteiger partial charge in [-0.25, -0.2) is 4.98 Å². The maximum atomic E-state index is 11.8. The Morgan fingerprint density at radius 2 is 2.08 bits per heavy atom. The van der Waals surface area contributed by atoms with Crippen molar-refractivity contribution in [3.63, 3.8) is 0 Å². The summed E-state index contributed by atoms with van der Waals surface area (Å²) in [5, 5.41) is 9.73. The molecule has 1 amide bonds. The van der Waals surface area contributed by atoms with Crippen molar-refractivity contribution in [1.29, 1.82) is 5.26 Å². The Kier molecular flexibility index (Phi) is 4.52. The van der Waals surface area contributed by atoms with E-state index in [0.29, 0.717) is 26.2 Å². The fraction of sp³-hybridized carbons (Fsp3) is 0.389. The second-order valence-electron chi connectivity index (χ2n) is 5.86. The van der Waals surface area contributed by atoms with Crippen molar-refractivity contribution in [2.45, 2.75) is 13.3 Å². The molecule has 3 rings (SSSR count). The zero-order valence-corrected chi connectivity index (χ0v) is 14.0. The molecule has 0 bridgehead atoms. The van der Waals surface area contributed by atoms with Crippen molar-refractivity contribution in [1.82, 2.24) is 9.88 Å². The van der Waals surface area contributed by atoms with Crippen LogP contribution in [0.15, 0.2) is 24.3 Å². The molecule has 0 atom stereocenters. The smallest absolute Gasteiger partial charge is 0.236 e. The fourth-order valence-corrected chi connectivity index (χ4v) is 3.07. The molecule has 24 heavy (non-hydrogen) atoms. The number of carbonyl (C=O) groups excluding carboxylic acids is 1. The summed E-state index contributed by atoms with van der Waals surface area (Å²) in [5.74, 6) is 1.57. The van der Waals surface area contributed by atoms with Crippen molar-refractivity contribution >= 4 is 22.6 Å². The molecule has 6 nitrogen and oxygen atoms in total. The van der Waals surface area contributed by atoms with Crippen LogP contribution in [0.25, 0.3) is 10.9 Å². The number of anilines is 1. The lowest BCUT2D eigenvalue weighted by Gasteiger charge is -2.35. The lowest BCUT2D eigenvalue weighted by Crippen LogP contribution is -2.49. The standard InChI is InChI=1S/C18H20N4O2/c1-13-12-16(20-18-14(13)4-3-5-15(18)24-2)21-8-10-22(11-9-21)17(23)6-7-19/h3-5,12H,6,8-11H2,1-2H3. The summed E-state index contributed by atoms with van der Waals surface area (Å²) in [6.07, 6.45) is -0.0511. The first-order chi connectivity index (χ1) is 11.6. The van der Waals surface area contributed by atoms with Crippen LogP contribution in [0.2, 0.25) is 0 Å². The third kappa shape index (κ3) is 2.98. The highest BCUT2D eigenvalue weighted by molar-refractivity contribution is 5.89. The predicted octanol–water partition coefficient (Wildman–Crippen LogP) is 2.11. The number of aromatic nitrogens is 1. The van der Waals surface area contributed by atoms with E-state index < -0.39 is 0 Å². The number of pyridine rings is 1. The Morgan fingerprint density at radius 3 is 2.75 bits per heavy atom. The predicted molar refractivity (Wildman–Crippen MR) is 92.1 cm³/mol. The minimum atomic E-state index is -0.0959. The number of carbonyl (C=O) groups is 1. The number of piperazine rings is 1. The zero-order valence-electron chi connectivity index (χ0n) is 14.0. The first kappa shape index (κ1) is 16.1. The molecule has 0 N–H and O–H groups in total. The van der Waals surface area contributed by atoms with E-state index in [1.54, 1.807) is 12.0 Å². The number of amides is 1. The SMILES string of the molecule is COc1cccc2c(C)cc(N3CCN(C(=O)CC#N)CC3)nc12. The summed E-state index contributed by atoms with van der Waals surface area (Å²) in [6, 6.07) is 9.92. The van der Waals surface area contributed by atoms with Crippen LogP contribution in [0.4, 0.5) is 5.82 Å². The van der Waals surface area contributed by atoms with Gasteiger partial charge in [0, 0.05) is 31.6 Å². The number of hydrogen-bond donors (Lipinski definition) is 0. The summed E-state index contributed by atoms with van der Waals surface area (Å²) < 4.78 is 5.44. The minimum absolute atomic E-state index is 0.0511. The molecule has 1 saturated heterocycles. The molecule has 1 aromatic heterocycles. The second kappa shape index (κ2) is 6.75. The highest BCUT2D eigenvalue weighted by Gasteiger charge is 2.22. The molecule has 0 aliphatic carbocycles. The lowest BCUT2D eigenvalue weighted by atomic mass is 10.1. The monoisotopic (exact) mass is 324 g/mol. The van der Waals surface area contributed by atoms with Crippen molar-refractivity contribution in [2.24, 2.45) is 0 Å². The first-order valence-corrected chi connectivity index (χ1v) is 7.98. The topological polar surface area (TPSA) is 69.5 Å². The third-order valence-corrected chi connectivity index (χ3v) is 4.40. The average molecular weight is 324 g/mol. The fourth-order valence-electron chi connectivity index (χ4n) is 3.07. The molecule has 1 aliphatic heterocycles. The van der Waals surface area contributed by atoms with Gasteiger partial charge in [0.1, 0.15) is 23.5 Å². The van der Waals surface area contributed by atoms with E-state index in [1.807, 2.05) is 24.3 Å². The van der Waals surface area contributed by atoms with E-state index in [4.69, 9.17) is 15.0 Å². The number of nitriles is 1. The molecule has 1 fully saturated rings. The number of methoxy groups -OCH3 is 1. The van der Waals surface area contributed by atoms with Crippen molar-refractivity contribution < 1.29 is 9.53 Å². The minimum Gasteiger partial charge on any atom is -0.494 e. The number of nitrogens with zero attached hydrogens (tertiary/aromatic N) is 4. The molecule has 1 aliphatic rings. The van der Waals surface area contributed by atoms with E-state index in [-0.39, 0.29) is 12.3 Å². The first-order valence-electron chi connectivity index (χ1n) is 7.98. The number of fused-ring (bicyclic) bond motifs is 1. The Balaban J connectivity index is 1.84. The number of benzene rings is 1. The van der Waals surface area contributed by atoms with Gasteiger partial charge < -0.3 is 14.5 Å². The molecule has 0 radical (unpaired) electrons. The highest BCUT2D eigenvalue weighted by atomic mass is 16.5. The number of rotatable bonds is 3. The van der Waals surface area contributed by atoms with E-state index in [9.17, 15) is 4.79 Å². The van der Waals surface area contributed by atoms with E-state index in [0.717, 1.165) is 28.0 Å². The van der Waals surface area contributed by atoms with Gasteiger partial charge in [-0.15, -0.1) is 0 Å². The Bertz CT molecular complexity index is 805. The van der Waals surface area contributed by atoms with Crippen LogP contribution in [0.5, 0.6) is 5.75 Å². The second-order valence-corrected chi connectivity index (χ2v) is 5.86. The van der Waals surface area contributed by atoms with Gasteiger partial charge in [0.05, 0.1) is 13.2 Å². The molecule has 0 saturated carbocycles.